The highest BCUT2D eigenvalue weighted by atomic mass is 19.3. The fraction of sp³-hybridized carbons (Fsp3) is 0.500. The Bertz CT molecular complexity index is 562. The first-order valence-electron chi connectivity index (χ1n) is 7.43. The molecule has 1 N–H and O–H groups in total. The van der Waals surface area contributed by atoms with Crippen molar-refractivity contribution in [3.8, 4) is 5.75 Å². The maximum absolute atomic E-state index is 12.4. The largest absolute Gasteiger partial charge is 0.480 e. The van der Waals surface area contributed by atoms with Crippen molar-refractivity contribution in [2.45, 2.75) is 38.8 Å². The van der Waals surface area contributed by atoms with Gasteiger partial charge in [-0.2, -0.15) is 8.78 Å². The van der Waals surface area contributed by atoms with Crippen molar-refractivity contribution in [2.24, 2.45) is 5.92 Å². The molecule has 0 bridgehead atoms. The second-order valence-electron chi connectivity index (χ2n) is 5.77. The van der Waals surface area contributed by atoms with Crippen LogP contribution in [0.25, 0.3) is 0 Å². The molecule has 1 heterocycles. The summed E-state index contributed by atoms with van der Waals surface area (Å²) in [4.78, 5) is 25.1. The molecule has 0 saturated carbocycles. The third-order valence-electron chi connectivity index (χ3n) is 3.97. The molecular formula is C16H19F2NO4. The predicted octanol–water partition coefficient (Wildman–Crippen LogP) is 2.54. The number of amides is 1. The number of carboxylic acids is 1. The molecule has 2 atom stereocenters. The minimum Gasteiger partial charge on any atom is -0.480 e. The predicted molar refractivity (Wildman–Crippen MR) is 78.3 cm³/mol. The highest BCUT2D eigenvalue weighted by Gasteiger charge is 2.34. The van der Waals surface area contributed by atoms with Gasteiger partial charge in [-0.1, -0.05) is 19.1 Å². The molecule has 1 aromatic rings. The molecule has 0 radical (unpaired) electrons. The topological polar surface area (TPSA) is 66.8 Å². The summed E-state index contributed by atoms with van der Waals surface area (Å²) in [5.74, 6) is -0.977. The summed E-state index contributed by atoms with van der Waals surface area (Å²) in [5.41, 5.74) is 0.624. The van der Waals surface area contributed by atoms with Gasteiger partial charge in [-0.05, 0) is 36.5 Å². The number of benzene rings is 1. The smallest absolute Gasteiger partial charge is 0.387 e. The van der Waals surface area contributed by atoms with E-state index in [-0.39, 0.29) is 24.0 Å². The number of ether oxygens (including phenoxy) is 1. The summed E-state index contributed by atoms with van der Waals surface area (Å²) >= 11 is 0. The summed E-state index contributed by atoms with van der Waals surface area (Å²) in [6.45, 7) is -0.502. The summed E-state index contributed by atoms with van der Waals surface area (Å²) in [5, 5.41) is 9.28. The Morgan fingerprint density at radius 3 is 2.57 bits per heavy atom. The van der Waals surface area contributed by atoms with Crippen LogP contribution in [0.5, 0.6) is 5.75 Å². The van der Waals surface area contributed by atoms with Crippen LogP contribution in [0.3, 0.4) is 0 Å². The fourth-order valence-electron chi connectivity index (χ4n) is 2.74. The molecule has 2 unspecified atom stereocenters. The Hall–Kier alpha value is -2.18. The van der Waals surface area contributed by atoms with Crippen molar-refractivity contribution in [1.29, 1.82) is 0 Å². The van der Waals surface area contributed by atoms with Gasteiger partial charge in [0.15, 0.2) is 0 Å². The number of nitrogens with zero attached hydrogens (tertiary/aromatic N) is 1. The first-order chi connectivity index (χ1) is 10.9. The molecule has 1 amide bonds. The van der Waals surface area contributed by atoms with E-state index in [0.29, 0.717) is 18.5 Å². The molecule has 23 heavy (non-hydrogen) atoms. The van der Waals surface area contributed by atoms with Crippen molar-refractivity contribution in [3.05, 3.63) is 29.8 Å². The van der Waals surface area contributed by atoms with Gasteiger partial charge in [0, 0.05) is 6.54 Å². The lowest BCUT2D eigenvalue weighted by atomic mass is 9.92. The minimum absolute atomic E-state index is 0.0198. The molecule has 1 aliphatic rings. The number of hydrogen-bond acceptors (Lipinski definition) is 3. The minimum atomic E-state index is -2.89. The number of rotatable bonds is 5. The van der Waals surface area contributed by atoms with Gasteiger partial charge in [-0.25, -0.2) is 4.79 Å². The summed E-state index contributed by atoms with van der Waals surface area (Å²) in [6.07, 6.45) is 1.26. The molecule has 0 aromatic heterocycles. The van der Waals surface area contributed by atoms with Gasteiger partial charge >= 0.3 is 12.6 Å². The number of carbonyl (C=O) groups is 2. The van der Waals surface area contributed by atoms with E-state index in [0.717, 1.165) is 6.42 Å². The van der Waals surface area contributed by atoms with Crippen LogP contribution in [0.2, 0.25) is 0 Å². The first kappa shape index (κ1) is 17.2. The lowest BCUT2D eigenvalue weighted by molar-refractivity contribution is -0.152. The van der Waals surface area contributed by atoms with Gasteiger partial charge in [-0.15, -0.1) is 0 Å². The second kappa shape index (κ2) is 7.39. The van der Waals surface area contributed by atoms with Crippen molar-refractivity contribution in [3.63, 3.8) is 0 Å². The van der Waals surface area contributed by atoms with E-state index in [2.05, 4.69) is 4.74 Å². The first-order valence-corrected chi connectivity index (χ1v) is 7.43. The average Bonchev–Trinajstić information content (AvgIpc) is 2.48. The highest BCUT2D eigenvalue weighted by molar-refractivity contribution is 5.85. The summed E-state index contributed by atoms with van der Waals surface area (Å²) in [6, 6.07) is 4.98. The Labute approximate surface area is 132 Å². The van der Waals surface area contributed by atoms with Crippen molar-refractivity contribution in [2.75, 3.05) is 6.54 Å². The van der Waals surface area contributed by atoms with Crippen LogP contribution in [0.1, 0.15) is 25.3 Å². The molecule has 2 rings (SSSR count). The normalized spacial score (nSPS) is 21.3. The standard InChI is InChI=1S/C16H19F2NO4/c1-10-6-7-19(13(8-10)15(21)22)14(20)9-11-2-4-12(5-3-11)23-16(17)18/h2-5,10,13,16H,6-9H2,1H3,(H,21,22). The number of halogens is 2. The fourth-order valence-corrected chi connectivity index (χ4v) is 2.74. The number of piperidine rings is 1. The van der Waals surface area contributed by atoms with Gasteiger partial charge in [0.1, 0.15) is 11.8 Å². The SMILES string of the molecule is CC1CCN(C(=O)Cc2ccc(OC(F)F)cc2)C(C(=O)O)C1. The quantitative estimate of drug-likeness (QED) is 0.902. The lowest BCUT2D eigenvalue weighted by Crippen LogP contribution is -2.50. The number of aliphatic carboxylic acids is 1. The van der Waals surface area contributed by atoms with E-state index < -0.39 is 18.6 Å². The second-order valence-corrected chi connectivity index (χ2v) is 5.77. The third-order valence-corrected chi connectivity index (χ3v) is 3.97. The van der Waals surface area contributed by atoms with Gasteiger partial charge in [-0.3, -0.25) is 4.79 Å². The monoisotopic (exact) mass is 327 g/mol. The zero-order valence-corrected chi connectivity index (χ0v) is 12.7. The molecule has 1 fully saturated rings. The van der Waals surface area contributed by atoms with E-state index in [1.807, 2.05) is 6.92 Å². The Balaban J connectivity index is 2.01. The zero-order chi connectivity index (χ0) is 17.0. The molecule has 0 aliphatic carbocycles. The van der Waals surface area contributed by atoms with E-state index in [1.165, 1.54) is 29.2 Å². The number of hydrogen-bond donors (Lipinski definition) is 1. The van der Waals surface area contributed by atoms with E-state index in [1.54, 1.807) is 0 Å². The van der Waals surface area contributed by atoms with Crippen molar-refractivity contribution >= 4 is 11.9 Å². The molecule has 0 spiro atoms. The zero-order valence-electron chi connectivity index (χ0n) is 12.7. The number of carbonyl (C=O) groups excluding carboxylic acids is 1. The molecular weight excluding hydrogens is 308 g/mol. The van der Waals surface area contributed by atoms with E-state index in [4.69, 9.17) is 0 Å². The lowest BCUT2D eigenvalue weighted by Gasteiger charge is -2.36. The Kier molecular flexibility index (Phi) is 5.52. The number of alkyl halides is 2. The third kappa shape index (κ3) is 4.64. The van der Waals surface area contributed by atoms with Gasteiger partial charge in [0.05, 0.1) is 6.42 Å². The maximum Gasteiger partial charge on any atom is 0.387 e. The van der Waals surface area contributed by atoms with Crippen LogP contribution < -0.4 is 4.74 Å². The average molecular weight is 327 g/mol. The van der Waals surface area contributed by atoms with Crippen LogP contribution in [-0.2, 0) is 16.0 Å². The van der Waals surface area contributed by atoms with E-state index in [9.17, 15) is 23.5 Å². The van der Waals surface area contributed by atoms with E-state index >= 15 is 0 Å². The van der Waals surface area contributed by atoms with Crippen LogP contribution in [-0.4, -0.2) is 41.1 Å². The van der Waals surface area contributed by atoms with Gasteiger partial charge in [0.25, 0.3) is 0 Å². The van der Waals surface area contributed by atoms with Crippen LogP contribution >= 0.6 is 0 Å². The maximum atomic E-state index is 12.4. The van der Waals surface area contributed by atoms with Crippen LogP contribution in [0, 0.1) is 5.92 Å². The van der Waals surface area contributed by atoms with Crippen LogP contribution in [0.4, 0.5) is 8.78 Å². The number of carboxylic acid groups (broad SMARTS) is 1. The van der Waals surface area contributed by atoms with Crippen molar-refractivity contribution in [1.82, 2.24) is 4.90 Å². The van der Waals surface area contributed by atoms with Crippen molar-refractivity contribution < 1.29 is 28.2 Å². The Morgan fingerprint density at radius 2 is 2.00 bits per heavy atom. The molecule has 5 nitrogen and oxygen atoms in total. The molecule has 1 saturated heterocycles. The highest BCUT2D eigenvalue weighted by Crippen LogP contribution is 2.24. The van der Waals surface area contributed by atoms with Gasteiger partial charge < -0.3 is 14.7 Å². The molecule has 7 heteroatoms. The molecule has 1 aliphatic heterocycles. The molecule has 1 aromatic carbocycles. The van der Waals surface area contributed by atoms with Crippen LogP contribution in [0.15, 0.2) is 24.3 Å². The Morgan fingerprint density at radius 1 is 1.35 bits per heavy atom. The summed E-state index contributed by atoms with van der Waals surface area (Å²) in [7, 11) is 0. The molecule has 126 valence electrons. The van der Waals surface area contributed by atoms with Gasteiger partial charge in [0.2, 0.25) is 5.91 Å². The summed E-state index contributed by atoms with van der Waals surface area (Å²) < 4.78 is 28.4. The number of likely N-dealkylation sites (tertiary alicyclic amines) is 1.